The Kier molecular flexibility index (Phi) is 3.81. The van der Waals surface area contributed by atoms with Gasteiger partial charge in [-0.25, -0.2) is 9.78 Å². The van der Waals surface area contributed by atoms with Gasteiger partial charge in [0.25, 0.3) is 0 Å². The van der Waals surface area contributed by atoms with Gasteiger partial charge >= 0.3 is 5.97 Å². The summed E-state index contributed by atoms with van der Waals surface area (Å²) in [6.07, 6.45) is 0. The van der Waals surface area contributed by atoms with Gasteiger partial charge in [0, 0.05) is 5.69 Å². The molecule has 0 aliphatic rings. The molecule has 0 unspecified atom stereocenters. The molecule has 94 valence electrons. The maximum absolute atomic E-state index is 11.7. The van der Waals surface area contributed by atoms with Crippen LogP contribution in [0.2, 0.25) is 0 Å². The molecule has 0 amide bonds. The van der Waals surface area contributed by atoms with Crippen LogP contribution in [0.4, 0.5) is 0 Å². The second-order valence-electron chi connectivity index (χ2n) is 3.71. The smallest absolute Gasteiger partial charge is 0.358 e. The van der Waals surface area contributed by atoms with Gasteiger partial charge in [-0.3, -0.25) is 4.57 Å². The minimum atomic E-state index is -0.398. The summed E-state index contributed by atoms with van der Waals surface area (Å²) in [6.45, 7) is 3.96. The van der Waals surface area contributed by atoms with E-state index in [1.807, 2.05) is 41.8 Å². The molecule has 1 aromatic carbocycles. The number of esters is 1. The first-order valence-corrected chi connectivity index (χ1v) is 6.41. The van der Waals surface area contributed by atoms with Crippen molar-refractivity contribution in [2.24, 2.45) is 0 Å². The molecular weight excluding hydrogens is 296 g/mol. The van der Waals surface area contributed by atoms with E-state index in [4.69, 9.17) is 4.74 Å². The topological polar surface area (TPSA) is 44.1 Å². The third-order valence-corrected chi connectivity index (χ3v) is 3.08. The van der Waals surface area contributed by atoms with Crippen LogP contribution in [-0.4, -0.2) is 22.1 Å². The van der Waals surface area contributed by atoms with E-state index in [-0.39, 0.29) is 0 Å². The van der Waals surface area contributed by atoms with E-state index in [2.05, 4.69) is 20.9 Å². The minimum absolute atomic E-state index is 0.340. The lowest BCUT2D eigenvalue weighted by atomic mass is 10.3. The van der Waals surface area contributed by atoms with Crippen LogP contribution < -0.4 is 0 Å². The third-order valence-electron chi connectivity index (χ3n) is 2.55. The highest BCUT2D eigenvalue weighted by atomic mass is 79.9. The Labute approximate surface area is 114 Å². The lowest BCUT2D eigenvalue weighted by Gasteiger charge is -2.06. The summed E-state index contributed by atoms with van der Waals surface area (Å²) in [5.74, 6) is -0.398. The second-order valence-corrected chi connectivity index (χ2v) is 4.42. The summed E-state index contributed by atoms with van der Waals surface area (Å²) in [6, 6.07) is 9.72. The fraction of sp³-hybridized carbons (Fsp3) is 0.231. The number of hydrogen-bond acceptors (Lipinski definition) is 3. The molecule has 2 rings (SSSR count). The summed E-state index contributed by atoms with van der Waals surface area (Å²) < 4.78 is 7.44. The molecule has 0 aliphatic heterocycles. The Bertz CT molecular complexity index is 564. The molecule has 4 nitrogen and oxygen atoms in total. The fourth-order valence-electron chi connectivity index (χ4n) is 1.74. The highest BCUT2D eigenvalue weighted by molar-refractivity contribution is 9.10. The highest BCUT2D eigenvalue weighted by Gasteiger charge is 2.19. The van der Waals surface area contributed by atoms with Gasteiger partial charge in [-0.2, -0.15) is 0 Å². The van der Waals surface area contributed by atoms with Crippen molar-refractivity contribution in [1.29, 1.82) is 0 Å². The monoisotopic (exact) mass is 308 g/mol. The van der Waals surface area contributed by atoms with Gasteiger partial charge in [-0.15, -0.1) is 0 Å². The van der Waals surface area contributed by atoms with E-state index in [0.29, 0.717) is 17.0 Å². The van der Waals surface area contributed by atoms with Crippen molar-refractivity contribution in [3.8, 4) is 5.69 Å². The van der Waals surface area contributed by atoms with Gasteiger partial charge in [0.15, 0.2) is 10.4 Å². The Balaban J connectivity index is 2.48. The quantitative estimate of drug-likeness (QED) is 0.818. The zero-order valence-electron chi connectivity index (χ0n) is 10.2. The zero-order chi connectivity index (χ0) is 13.1. The highest BCUT2D eigenvalue weighted by Crippen LogP contribution is 2.22. The number of ether oxygens (including phenoxy) is 1. The Morgan fingerprint density at radius 2 is 2.06 bits per heavy atom. The molecule has 0 N–H and O–H groups in total. The van der Waals surface area contributed by atoms with Crippen LogP contribution in [0.1, 0.15) is 23.1 Å². The van der Waals surface area contributed by atoms with Crippen LogP contribution in [0.5, 0.6) is 0 Å². The second kappa shape index (κ2) is 5.35. The van der Waals surface area contributed by atoms with E-state index in [0.717, 1.165) is 11.4 Å². The van der Waals surface area contributed by atoms with Crippen molar-refractivity contribution in [3.63, 3.8) is 0 Å². The van der Waals surface area contributed by atoms with Crippen molar-refractivity contribution in [2.45, 2.75) is 13.8 Å². The normalized spacial score (nSPS) is 10.4. The van der Waals surface area contributed by atoms with Crippen LogP contribution in [0.3, 0.4) is 0 Å². The number of aromatic nitrogens is 2. The average Bonchev–Trinajstić information content (AvgIpc) is 2.66. The van der Waals surface area contributed by atoms with Gasteiger partial charge in [0.05, 0.1) is 12.3 Å². The molecule has 0 atom stereocenters. The molecule has 0 aliphatic carbocycles. The summed E-state index contributed by atoms with van der Waals surface area (Å²) >= 11 is 3.37. The number of benzene rings is 1. The number of imidazole rings is 1. The van der Waals surface area contributed by atoms with Gasteiger partial charge in [-0.1, -0.05) is 18.2 Å². The van der Waals surface area contributed by atoms with Gasteiger partial charge in [0.1, 0.15) is 0 Å². The van der Waals surface area contributed by atoms with E-state index in [9.17, 15) is 4.79 Å². The number of carbonyl (C=O) groups excluding carboxylic acids is 1. The Morgan fingerprint density at radius 1 is 1.39 bits per heavy atom. The summed E-state index contributed by atoms with van der Waals surface area (Å²) in [5.41, 5.74) is 2.05. The maximum atomic E-state index is 11.7. The molecule has 0 radical (unpaired) electrons. The van der Waals surface area contributed by atoms with Crippen molar-refractivity contribution in [3.05, 3.63) is 46.5 Å². The van der Waals surface area contributed by atoms with Crippen molar-refractivity contribution in [2.75, 3.05) is 6.61 Å². The number of hydrogen-bond donors (Lipinski definition) is 0. The first-order chi connectivity index (χ1) is 8.65. The lowest BCUT2D eigenvalue weighted by Crippen LogP contribution is -2.07. The Hall–Kier alpha value is -1.62. The molecule has 18 heavy (non-hydrogen) atoms. The van der Waals surface area contributed by atoms with Gasteiger partial charge < -0.3 is 4.74 Å². The van der Waals surface area contributed by atoms with Crippen molar-refractivity contribution < 1.29 is 9.53 Å². The average molecular weight is 309 g/mol. The van der Waals surface area contributed by atoms with Crippen LogP contribution >= 0.6 is 15.9 Å². The molecule has 1 heterocycles. The molecule has 0 saturated carbocycles. The van der Waals surface area contributed by atoms with Crippen LogP contribution in [-0.2, 0) is 4.74 Å². The Morgan fingerprint density at radius 3 is 2.67 bits per heavy atom. The van der Waals surface area contributed by atoms with Crippen molar-refractivity contribution in [1.82, 2.24) is 9.55 Å². The number of nitrogens with zero attached hydrogens (tertiary/aromatic N) is 2. The standard InChI is InChI=1S/C13H13BrN2O2/c1-3-18-12(17)11-9(2)16(13(14)15-11)10-7-5-4-6-8-10/h4-8H,3H2,1-2H3. The molecule has 2 aromatic rings. The lowest BCUT2D eigenvalue weighted by molar-refractivity contribution is 0.0519. The van der Waals surface area contributed by atoms with Crippen molar-refractivity contribution >= 4 is 21.9 Å². The van der Waals surface area contributed by atoms with Gasteiger partial charge in [-0.05, 0) is 41.9 Å². The molecule has 0 saturated heterocycles. The summed E-state index contributed by atoms with van der Waals surface area (Å²) in [7, 11) is 0. The first-order valence-electron chi connectivity index (χ1n) is 5.62. The number of halogens is 1. The van der Waals surface area contributed by atoms with E-state index < -0.39 is 5.97 Å². The molecule has 0 bridgehead atoms. The van der Waals surface area contributed by atoms with E-state index >= 15 is 0 Å². The number of para-hydroxylation sites is 1. The predicted molar refractivity (Wildman–Crippen MR) is 72.0 cm³/mol. The number of carbonyl (C=O) groups is 1. The van der Waals surface area contributed by atoms with Crippen LogP contribution in [0, 0.1) is 6.92 Å². The largest absolute Gasteiger partial charge is 0.461 e. The molecular formula is C13H13BrN2O2. The molecule has 5 heteroatoms. The van der Waals surface area contributed by atoms with Crippen LogP contribution in [0.15, 0.2) is 35.1 Å². The minimum Gasteiger partial charge on any atom is -0.461 e. The molecule has 0 spiro atoms. The van der Waals surface area contributed by atoms with Gasteiger partial charge in [0.2, 0.25) is 0 Å². The van der Waals surface area contributed by atoms with E-state index in [1.54, 1.807) is 6.92 Å². The zero-order valence-corrected chi connectivity index (χ0v) is 11.8. The fourth-order valence-corrected chi connectivity index (χ4v) is 2.39. The third kappa shape index (κ3) is 2.31. The molecule has 1 aromatic heterocycles. The predicted octanol–water partition coefficient (Wildman–Crippen LogP) is 3.12. The summed E-state index contributed by atoms with van der Waals surface area (Å²) in [4.78, 5) is 16.0. The summed E-state index contributed by atoms with van der Waals surface area (Å²) in [5, 5.41) is 0. The number of rotatable bonds is 3. The SMILES string of the molecule is CCOC(=O)c1nc(Br)n(-c2ccccc2)c1C. The maximum Gasteiger partial charge on any atom is 0.358 e. The first kappa shape index (κ1) is 12.8. The van der Waals surface area contributed by atoms with Crippen LogP contribution in [0.25, 0.3) is 5.69 Å². The van der Waals surface area contributed by atoms with E-state index in [1.165, 1.54) is 0 Å². The molecule has 0 fully saturated rings.